The van der Waals surface area contributed by atoms with Crippen molar-refractivity contribution >= 4 is 35.0 Å². The van der Waals surface area contributed by atoms with Gasteiger partial charge in [-0.2, -0.15) is 5.10 Å². The van der Waals surface area contributed by atoms with Crippen LogP contribution in [0.25, 0.3) is 5.69 Å². The van der Waals surface area contributed by atoms with E-state index in [1.807, 2.05) is 48.9 Å². The highest BCUT2D eigenvalue weighted by molar-refractivity contribution is 7.99. The molecule has 0 unspecified atom stereocenters. The van der Waals surface area contributed by atoms with Crippen molar-refractivity contribution in [2.24, 2.45) is 0 Å². The number of aromatic nitrogens is 3. The number of anilines is 1. The summed E-state index contributed by atoms with van der Waals surface area (Å²) in [6.07, 6.45) is 2.06. The van der Waals surface area contributed by atoms with Crippen LogP contribution in [0, 0.1) is 13.8 Å². The molecule has 0 aliphatic carbocycles. The smallest absolute Gasteiger partial charge is 0.225 e. The van der Waals surface area contributed by atoms with Gasteiger partial charge in [0.1, 0.15) is 5.03 Å². The predicted molar refractivity (Wildman–Crippen MR) is 106 cm³/mol. The van der Waals surface area contributed by atoms with Crippen LogP contribution in [0.2, 0.25) is 5.02 Å². The lowest BCUT2D eigenvalue weighted by Gasteiger charge is -2.07. The predicted octanol–water partition coefficient (Wildman–Crippen LogP) is 4.66. The summed E-state index contributed by atoms with van der Waals surface area (Å²) in [7, 11) is 0. The number of nitrogens with zero attached hydrogens (tertiary/aromatic N) is 3. The number of carbonyl (C=O) groups excluding carboxylic acids is 1. The Labute approximate surface area is 161 Å². The second kappa shape index (κ2) is 8.38. The molecule has 0 fully saturated rings. The molecule has 2 heterocycles. The maximum absolute atomic E-state index is 12.3. The van der Waals surface area contributed by atoms with Gasteiger partial charge >= 0.3 is 0 Å². The van der Waals surface area contributed by atoms with Gasteiger partial charge in [0.05, 0.1) is 27.8 Å². The molecule has 2 aromatic heterocycles. The molecule has 3 rings (SSSR count). The third-order valence-corrected chi connectivity index (χ3v) is 5.27. The average molecular weight is 387 g/mol. The quantitative estimate of drug-likeness (QED) is 0.626. The summed E-state index contributed by atoms with van der Waals surface area (Å²) >= 11 is 7.55. The van der Waals surface area contributed by atoms with Gasteiger partial charge in [0.25, 0.3) is 0 Å². The number of rotatable bonds is 6. The van der Waals surface area contributed by atoms with Crippen LogP contribution in [0.1, 0.15) is 17.8 Å². The monoisotopic (exact) mass is 386 g/mol. The molecule has 0 spiro atoms. The minimum Gasteiger partial charge on any atom is -0.323 e. The molecule has 0 saturated heterocycles. The third-order valence-electron chi connectivity index (χ3n) is 3.85. The lowest BCUT2D eigenvalue weighted by atomic mass is 10.3. The minimum atomic E-state index is -0.0524. The Kier molecular flexibility index (Phi) is 5.96. The van der Waals surface area contributed by atoms with E-state index < -0.39 is 0 Å². The van der Waals surface area contributed by atoms with Gasteiger partial charge in [-0.3, -0.25) is 4.79 Å². The first-order valence-electron chi connectivity index (χ1n) is 8.21. The van der Waals surface area contributed by atoms with Crippen LogP contribution in [0.5, 0.6) is 0 Å². The van der Waals surface area contributed by atoms with Gasteiger partial charge in [-0.25, -0.2) is 9.67 Å². The number of thioether (sulfide) groups is 1. The number of amides is 1. The van der Waals surface area contributed by atoms with Crippen molar-refractivity contribution in [2.75, 3.05) is 11.1 Å². The molecule has 1 amide bonds. The normalized spacial score (nSPS) is 10.7. The topological polar surface area (TPSA) is 59.8 Å². The highest BCUT2D eigenvalue weighted by Gasteiger charge is 2.15. The molecule has 26 heavy (non-hydrogen) atoms. The van der Waals surface area contributed by atoms with Crippen molar-refractivity contribution in [3.8, 4) is 5.69 Å². The number of hydrogen-bond donors (Lipinski definition) is 1. The Bertz CT molecular complexity index is 911. The fraction of sp³-hybridized carbons (Fsp3) is 0.211. The van der Waals surface area contributed by atoms with Gasteiger partial charge in [-0.05, 0) is 38.1 Å². The van der Waals surface area contributed by atoms with Crippen LogP contribution in [0.4, 0.5) is 5.69 Å². The summed E-state index contributed by atoms with van der Waals surface area (Å²) in [4.78, 5) is 16.5. The van der Waals surface area contributed by atoms with Crippen LogP contribution in [0.15, 0.2) is 53.7 Å². The lowest BCUT2D eigenvalue weighted by Crippen LogP contribution is -2.13. The van der Waals surface area contributed by atoms with E-state index in [0.717, 1.165) is 27.8 Å². The fourth-order valence-corrected chi connectivity index (χ4v) is 3.67. The summed E-state index contributed by atoms with van der Waals surface area (Å²) in [6, 6.07) is 13.4. The zero-order valence-electron chi connectivity index (χ0n) is 14.6. The lowest BCUT2D eigenvalue weighted by molar-refractivity contribution is -0.115. The van der Waals surface area contributed by atoms with Crippen molar-refractivity contribution < 1.29 is 4.79 Å². The largest absolute Gasteiger partial charge is 0.323 e. The Hall–Kier alpha value is -2.31. The van der Waals surface area contributed by atoms with Gasteiger partial charge < -0.3 is 5.32 Å². The van der Waals surface area contributed by atoms with Gasteiger partial charge in [-0.1, -0.05) is 29.8 Å². The van der Waals surface area contributed by atoms with Crippen LogP contribution in [0.3, 0.4) is 0 Å². The molecule has 0 atom stereocenters. The average Bonchev–Trinajstić information content (AvgIpc) is 2.92. The molecule has 1 N–H and O–H groups in total. The van der Waals surface area contributed by atoms with E-state index in [1.54, 1.807) is 18.3 Å². The number of hydrogen-bond acceptors (Lipinski definition) is 4. The second-order valence-corrected chi connectivity index (χ2v) is 7.22. The number of aryl methyl sites for hydroxylation is 1. The van der Waals surface area contributed by atoms with E-state index in [2.05, 4.69) is 15.4 Å². The molecule has 3 aromatic rings. The highest BCUT2D eigenvalue weighted by Crippen LogP contribution is 2.26. The second-order valence-electron chi connectivity index (χ2n) is 5.73. The number of halogens is 1. The summed E-state index contributed by atoms with van der Waals surface area (Å²) in [5.41, 5.74) is 3.43. The maximum atomic E-state index is 12.3. The number of benzene rings is 1. The molecule has 1 aromatic carbocycles. The SMILES string of the molecule is Cc1nn(-c2ccccc2)c(C)c1NC(=O)CCSc1ncccc1Cl. The molecule has 5 nitrogen and oxygen atoms in total. The Morgan fingerprint density at radius 1 is 1.19 bits per heavy atom. The Morgan fingerprint density at radius 3 is 2.69 bits per heavy atom. The molecule has 0 bridgehead atoms. The fourth-order valence-electron chi connectivity index (χ4n) is 2.56. The zero-order chi connectivity index (χ0) is 18.5. The highest BCUT2D eigenvalue weighted by atomic mass is 35.5. The number of pyridine rings is 1. The van der Waals surface area contributed by atoms with E-state index in [0.29, 0.717) is 17.2 Å². The van der Waals surface area contributed by atoms with Gasteiger partial charge in [0, 0.05) is 18.4 Å². The summed E-state index contributed by atoms with van der Waals surface area (Å²) < 4.78 is 1.84. The van der Waals surface area contributed by atoms with Crippen molar-refractivity contribution in [1.82, 2.24) is 14.8 Å². The van der Waals surface area contributed by atoms with E-state index >= 15 is 0 Å². The van der Waals surface area contributed by atoms with Crippen molar-refractivity contribution in [3.05, 3.63) is 65.1 Å². The number of carbonyl (C=O) groups is 1. The van der Waals surface area contributed by atoms with Crippen molar-refractivity contribution in [2.45, 2.75) is 25.3 Å². The first-order chi connectivity index (χ1) is 12.6. The Morgan fingerprint density at radius 2 is 1.96 bits per heavy atom. The van der Waals surface area contributed by atoms with Crippen molar-refractivity contribution in [3.63, 3.8) is 0 Å². The van der Waals surface area contributed by atoms with Crippen molar-refractivity contribution in [1.29, 1.82) is 0 Å². The maximum Gasteiger partial charge on any atom is 0.225 e. The van der Waals surface area contributed by atoms with Gasteiger partial charge in [0.15, 0.2) is 0 Å². The van der Waals surface area contributed by atoms with Gasteiger partial charge in [0.2, 0.25) is 5.91 Å². The molecule has 134 valence electrons. The zero-order valence-corrected chi connectivity index (χ0v) is 16.1. The van der Waals surface area contributed by atoms with Gasteiger partial charge in [-0.15, -0.1) is 11.8 Å². The number of nitrogens with one attached hydrogen (secondary N) is 1. The third kappa shape index (κ3) is 4.26. The van der Waals surface area contributed by atoms with Crippen LogP contribution >= 0.6 is 23.4 Å². The van der Waals surface area contributed by atoms with E-state index in [-0.39, 0.29) is 5.91 Å². The Balaban J connectivity index is 1.63. The molecule has 0 aliphatic heterocycles. The number of para-hydroxylation sites is 1. The molecule has 0 saturated carbocycles. The summed E-state index contributed by atoms with van der Waals surface area (Å²) in [5, 5.41) is 8.87. The van der Waals surface area contributed by atoms with E-state index in [4.69, 9.17) is 11.6 Å². The summed E-state index contributed by atoms with van der Waals surface area (Å²) in [6.45, 7) is 3.84. The van der Waals surface area contributed by atoms with E-state index in [1.165, 1.54) is 11.8 Å². The minimum absolute atomic E-state index is 0.0524. The first-order valence-corrected chi connectivity index (χ1v) is 9.57. The molecule has 0 radical (unpaired) electrons. The molecule has 7 heteroatoms. The molecule has 0 aliphatic rings. The van der Waals surface area contributed by atoms with Crippen LogP contribution in [-0.4, -0.2) is 26.4 Å². The van der Waals surface area contributed by atoms with E-state index in [9.17, 15) is 4.79 Å². The summed E-state index contributed by atoms with van der Waals surface area (Å²) in [5.74, 6) is 0.552. The van der Waals surface area contributed by atoms with Crippen LogP contribution < -0.4 is 5.32 Å². The first kappa shape index (κ1) is 18.5. The molecular formula is C19H19ClN4OS. The standard InChI is InChI=1S/C19H19ClN4OS/c1-13-18(14(2)24(23-13)15-7-4-3-5-8-15)22-17(25)10-12-26-19-16(20)9-6-11-21-19/h3-9,11H,10,12H2,1-2H3,(H,22,25). The molecular weight excluding hydrogens is 368 g/mol. The van der Waals surface area contributed by atoms with Crippen LogP contribution in [-0.2, 0) is 4.79 Å².